The topological polar surface area (TPSA) is 69.2 Å². The van der Waals surface area contributed by atoms with Crippen LogP contribution in [0.2, 0.25) is 0 Å². The van der Waals surface area contributed by atoms with E-state index in [1.54, 1.807) is 24.4 Å². The molecule has 2 aromatic heterocycles. The zero-order valence-corrected chi connectivity index (χ0v) is 16.3. The fourth-order valence-corrected chi connectivity index (χ4v) is 3.90. The molecule has 0 saturated carbocycles. The van der Waals surface area contributed by atoms with Crippen molar-refractivity contribution >= 4 is 36.1 Å². The number of benzene rings is 1. The second-order valence-electron chi connectivity index (χ2n) is 6.46. The zero-order chi connectivity index (χ0) is 19.5. The molecule has 1 aliphatic rings. The summed E-state index contributed by atoms with van der Waals surface area (Å²) < 4.78 is 28.9. The molecule has 1 aliphatic heterocycles. The number of hydrogen-bond donors (Lipinski definition) is 1. The summed E-state index contributed by atoms with van der Waals surface area (Å²) in [5, 5.41) is 16.7. The van der Waals surface area contributed by atoms with E-state index in [0.717, 1.165) is 46.5 Å². The first-order valence-electron chi connectivity index (χ1n) is 8.72. The van der Waals surface area contributed by atoms with Gasteiger partial charge in [0.25, 0.3) is 0 Å². The second kappa shape index (κ2) is 8.34. The molecule has 1 N–H and O–H groups in total. The Morgan fingerprint density at radius 3 is 2.68 bits per heavy atom. The zero-order valence-electron chi connectivity index (χ0n) is 14.7. The van der Waals surface area contributed by atoms with E-state index in [9.17, 15) is 7.77 Å². The van der Waals surface area contributed by atoms with Gasteiger partial charge in [-0.3, -0.25) is 0 Å². The highest BCUT2D eigenvalue weighted by atomic mass is 32.3. The number of nitrogens with zero attached hydrogens (tertiary/aromatic N) is 5. The van der Waals surface area contributed by atoms with Crippen molar-refractivity contribution < 1.29 is 7.77 Å². The molecule has 4 rings (SSSR count). The lowest BCUT2D eigenvalue weighted by molar-refractivity contribution is 0.455. The van der Waals surface area contributed by atoms with Crippen LogP contribution in [0, 0.1) is 11.3 Å². The molecule has 0 bridgehead atoms. The van der Waals surface area contributed by atoms with Gasteiger partial charge in [0.15, 0.2) is 36.1 Å². The summed E-state index contributed by atoms with van der Waals surface area (Å²) in [6.07, 6.45) is 3.61. The van der Waals surface area contributed by atoms with E-state index in [4.69, 9.17) is 10.2 Å². The van der Waals surface area contributed by atoms with Crippen LogP contribution < -0.4 is 9.03 Å². The first-order chi connectivity index (χ1) is 13.7. The van der Waals surface area contributed by atoms with E-state index in [1.807, 2.05) is 12.1 Å². The van der Waals surface area contributed by atoms with E-state index >= 15 is 0 Å². The van der Waals surface area contributed by atoms with Crippen LogP contribution in [0.5, 0.6) is 0 Å². The van der Waals surface area contributed by atoms with Crippen LogP contribution in [0.1, 0.15) is 30.0 Å². The summed E-state index contributed by atoms with van der Waals surface area (Å²) in [4.78, 5) is 4.79. The fourth-order valence-electron chi connectivity index (χ4n) is 3.42. The molecule has 1 aromatic carbocycles. The van der Waals surface area contributed by atoms with E-state index < -0.39 is 0 Å². The van der Waals surface area contributed by atoms with Crippen molar-refractivity contribution in [3.05, 3.63) is 47.8 Å². The maximum Gasteiger partial charge on any atom is 0.179 e. The van der Waals surface area contributed by atoms with Crippen LogP contribution in [0.15, 0.2) is 36.5 Å². The molecule has 1 fully saturated rings. The largest absolute Gasteiger partial charge is 0.316 e. The van der Waals surface area contributed by atoms with Crippen LogP contribution in [0.3, 0.4) is 0 Å². The molecule has 0 spiro atoms. The van der Waals surface area contributed by atoms with Gasteiger partial charge >= 0.3 is 0 Å². The Labute approximate surface area is 169 Å². The minimum atomic E-state index is -0.216. The number of halogens is 2. The van der Waals surface area contributed by atoms with Gasteiger partial charge in [-0.1, -0.05) is 12.1 Å². The Hall–Kier alpha value is -2.35. The highest BCUT2D eigenvalue weighted by Crippen LogP contribution is 2.36. The van der Waals surface area contributed by atoms with Crippen molar-refractivity contribution in [3.8, 4) is 17.2 Å². The summed E-state index contributed by atoms with van der Waals surface area (Å²) in [7, 11) is 0. The smallest absolute Gasteiger partial charge is 0.179 e. The van der Waals surface area contributed by atoms with Crippen molar-refractivity contribution in [1.82, 2.24) is 19.9 Å². The fraction of sp³-hybridized carbons (Fsp3) is 0.278. The molecule has 0 amide bonds. The van der Waals surface area contributed by atoms with E-state index in [0.29, 0.717) is 11.2 Å². The quantitative estimate of drug-likeness (QED) is 0.607. The minimum Gasteiger partial charge on any atom is -0.316 e. The van der Waals surface area contributed by atoms with Gasteiger partial charge in [0.05, 0.1) is 23.5 Å². The van der Waals surface area contributed by atoms with E-state index in [-0.39, 0.29) is 36.4 Å². The van der Waals surface area contributed by atoms with Crippen molar-refractivity contribution in [3.63, 3.8) is 0 Å². The predicted molar refractivity (Wildman–Crippen MR) is 108 cm³/mol. The number of anilines is 1. The summed E-state index contributed by atoms with van der Waals surface area (Å²) in [5.41, 5.74) is 3.42. The van der Waals surface area contributed by atoms with Gasteiger partial charge in [0.1, 0.15) is 0 Å². The molecule has 144 valence electrons. The number of aromatic nitrogens is 3. The van der Waals surface area contributed by atoms with E-state index in [1.165, 1.54) is 4.52 Å². The van der Waals surface area contributed by atoms with Gasteiger partial charge in [-0.05, 0) is 37.1 Å². The molecule has 3 heterocycles. The number of hydrogen-bond acceptors (Lipinski definition) is 7. The van der Waals surface area contributed by atoms with Crippen molar-refractivity contribution in [1.29, 1.82) is 5.26 Å². The molecule has 10 heteroatoms. The minimum absolute atomic E-state index is 0.164. The highest BCUT2D eigenvalue weighted by Gasteiger charge is 2.23. The second-order valence-corrected chi connectivity index (χ2v) is 7.70. The Balaban J connectivity index is 1.87. The average molecular weight is 418 g/mol. The number of piperidine rings is 1. The van der Waals surface area contributed by atoms with Gasteiger partial charge in [-0.2, -0.15) is 18.6 Å². The SMILES string of the molecule is N#Cc1ccc(-c2cnn3c(N(SF)SF)cc(C4CCCNC4)nc23)cc1. The third kappa shape index (κ3) is 3.53. The van der Waals surface area contributed by atoms with Crippen molar-refractivity contribution in [2.24, 2.45) is 0 Å². The molecule has 0 aliphatic carbocycles. The van der Waals surface area contributed by atoms with Gasteiger partial charge in [0.2, 0.25) is 0 Å². The Morgan fingerprint density at radius 1 is 1.25 bits per heavy atom. The summed E-state index contributed by atoms with van der Waals surface area (Å²) in [6, 6.07) is 10.9. The van der Waals surface area contributed by atoms with Crippen molar-refractivity contribution in [2.75, 3.05) is 16.8 Å². The monoisotopic (exact) mass is 418 g/mol. The Bertz CT molecular complexity index is 1010. The van der Waals surface area contributed by atoms with Crippen molar-refractivity contribution in [2.45, 2.75) is 18.8 Å². The molecule has 1 unspecified atom stereocenters. The third-order valence-corrected chi connectivity index (χ3v) is 5.79. The molecule has 28 heavy (non-hydrogen) atoms. The maximum absolute atomic E-state index is 13.3. The predicted octanol–water partition coefficient (Wildman–Crippen LogP) is 4.61. The van der Waals surface area contributed by atoms with Gasteiger partial charge < -0.3 is 5.32 Å². The first-order valence-corrected chi connectivity index (χ1v) is 10.1. The lowest BCUT2D eigenvalue weighted by Gasteiger charge is -2.23. The first kappa shape index (κ1) is 19.0. The molecule has 3 aromatic rings. The molecule has 0 radical (unpaired) electrons. The number of fused-ring (bicyclic) bond motifs is 1. The Kier molecular flexibility index (Phi) is 5.66. The number of nitriles is 1. The molecular weight excluding hydrogens is 402 g/mol. The van der Waals surface area contributed by atoms with Crippen LogP contribution in [-0.2, 0) is 0 Å². The third-order valence-electron chi connectivity index (χ3n) is 4.83. The molecular formula is C18H16F2N6S2. The van der Waals surface area contributed by atoms with Gasteiger partial charge in [-0.15, -0.1) is 7.77 Å². The van der Waals surface area contributed by atoms with Gasteiger partial charge in [-0.25, -0.2) is 4.98 Å². The van der Waals surface area contributed by atoms with Crippen LogP contribution in [-0.4, -0.2) is 27.7 Å². The van der Waals surface area contributed by atoms with E-state index in [2.05, 4.69) is 16.5 Å². The number of rotatable bonds is 5. The van der Waals surface area contributed by atoms with Crippen LogP contribution in [0.4, 0.5) is 13.6 Å². The number of nitrogens with one attached hydrogen (secondary N) is 1. The van der Waals surface area contributed by atoms with Crippen LogP contribution >= 0.6 is 24.7 Å². The molecule has 1 atom stereocenters. The normalized spacial score (nSPS) is 16.8. The average Bonchev–Trinajstić information content (AvgIpc) is 3.19. The standard InChI is InChI=1S/C18H16F2N6S2/c19-27-26(28-20)17-8-16(14-2-1-7-22-10-14)24-18-15(11-23-25(17)18)13-5-3-12(9-21)4-6-13/h3-6,8,11,14,22H,1-2,7,10H2. The Morgan fingerprint density at radius 2 is 2.04 bits per heavy atom. The maximum atomic E-state index is 13.3. The highest BCUT2D eigenvalue weighted by molar-refractivity contribution is 8.13. The lowest BCUT2D eigenvalue weighted by atomic mass is 9.96. The van der Waals surface area contributed by atoms with Crippen LogP contribution in [0.25, 0.3) is 16.8 Å². The summed E-state index contributed by atoms with van der Waals surface area (Å²) in [5.74, 6) is 0.433. The van der Waals surface area contributed by atoms with Gasteiger partial charge in [0, 0.05) is 24.1 Å². The molecule has 1 saturated heterocycles. The molecule has 6 nitrogen and oxygen atoms in total. The lowest BCUT2D eigenvalue weighted by Crippen LogP contribution is -2.29. The summed E-state index contributed by atoms with van der Waals surface area (Å²) >= 11 is -0.432. The summed E-state index contributed by atoms with van der Waals surface area (Å²) in [6.45, 7) is 1.73.